The van der Waals surface area contributed by atoms with Gasteiger partial charge in [-0.05, 0) is 72.9 Å². The number of fused-ring (bicyclic) bond motifs is 1. The standard InChI is InChI=1S/C29H28ClN3O4/c1-16-13-17(2)28(34)21(14-16)25-24-26(32-31-25)29(35)33(27(24)19-6-8-20(30)9-7-19)12-11-18-5-10-22(36-3)23(15-18)37-4/h5-10,13-15,27,34H,11-12H2,1-4H3,(H,31,32)/t27-/m0/s1. The Morgan fingerprint density at radius 3 is 2.46 bits per heavy atom. The van der Waals surface area contributed by atoms with Crippen molar-refractivity contribution in [2.75, 3.05) is 20.8 Å². The molecule has 0 spiro atoms. The minimum Gasteiger partial charge on any atom is -0.507 e. The number of H-pyrrole nitrogens is 1. The first kappa shape index (κ1) is 24.7. The Labute approximate surface area is 220 Å². The highest BCUT2D eigenvalue weighted by Gasteiger charge is 2.42. The summed E-state index contributed by atoms with van der Waals surface area (Å²) in [6, 6.07) is 16.7. The van der Waals surface area contributed by atoms with Gasteiger partial charge in [0.15, 0.2) is 11.5 Å². The number of methoxy groups -OCH3 is 2. The zero-order chi connectivity index (χ0) is 26.3. The number of phenolic OH excluding ortho intramolecular Hbond substituents is 1. The number of hydrogen-bond acceptors (Lipinski definition) is 5. The molecule has 1 aliphatic rings. The fourth-order valence-corrected chi connectivity index (χ4v) is 5.18. The lowest BCUT2D eigenvalue weighted by molar-refractivity contribution is 0.0746. The second-order valence-corrected chi connectivity index (χ2v) is 9.67. The summed E-state index contributed by atoms with van der Waals surface area (Å²) in [5.74, 6) is 1.31. The highest BCUT2D eigenvalue weighted by atomic mass is 35.5. The Balaban J connectivity index is 1.57. The summed E-state index contributed by atoms with van der Waals surface area (Å²) in [7, 11) is 3.20. The minimum absolute atomic E-state index is 0.141. The lowest BCUT2D eigenvalue weighted by atomic mass is 9.94. The monoisotopic (exact) mass is 517 g/mol. The van der Waals surface area contributed by atoms with E-state index in [0.717, 1.165) is 27.8 Å². The van der Waals surface area contributed by atoms with Gasteiger partial charge in [-0.2, -0.15) is 5.10 Å². The molecule has 7 nitrogen and oxygen atoms in total. The van der Waals surface area contributed by atoms with Gasteiger partial charge in [-0.3, -0.25) is 9.89 Å². The molecule has 0 bridgehead atoms. The maximum atomic E-state index is 13.7. The van der Waals surface area contributed by atoms with E-state index in [2.05, 4.69) is 10.2 Å². The van der Waals surface area contributed by atoms with Gasteiger partial charge in [-0.25, -0.2) is 0 Å². The van der Waals surface area contributed by atoms with E-state index in [1.807, 2.05) is 73.3 Å². The summed E-state index contributed by atoms with van der Waals surface area (Å²) in [5.41, 5.74) is 6.03. The van der Waals surface area contributed by atoms with Crippen LogP contribution >= 0.6 is 11.6 Å². The van der Waals surface area contributed by atoms with E-state index >= 15 is 0 Å². The summed E-state index contributed by atoms with van der Waals surface area (Å²) in [4.78, 5) is 15.5. The van der Waals surface area contributed by atoms with E-state index in [1.54, 1.807) is 14.2 Å². The maximum absolute atomic E-state index is 13.7. The van der Waals surface area contributed by atoms with Crippen molar-refractivity contribution in [3.8, 4) is 28.5 Å². The van der Waals surface area contributed by atoms with Crippen LogP contribution in [-0.4, -0.2) is 46.9 Å². The molecular formula is C29H28ClN3O4. The van der Waals surface area contributed by atoms with Gasteiger partial charge in [0, 0.05) is 22.7 Å². The topological polar surface area (TPSA) is 87.7 Å². The number of rotatable bonds is 7. The minimum atomic E-state index is -0.395. The molecule has 0 aliphatic carbocycles. The predicted octanol–water partition coefficient (Wildman–Crippen LogP) is 5.86. The first-order valence-corrected chi connectivity index (χ1v) is 12.4. The number of halogens is 1. The molecule has 0 saturated heterocycles. The average Bonchev–Trinajstić information content (AvgIpc) is 3.44. The van der Waals surface area contributed by atoms with Crippen molar-refractivity contribution in [2.24, 2.45) is 0 Å². The quantitative estimate of drug-likeness (QED) is 0.321. The number of phenols is 1. The molecule has 190 valence electrons. The number of aromatic amines is 1. The highest BCUT2D eigenvalue weighted by molar-refractivity contribution is 6.30. The van der Waals surface area contributed by atoms with E-state index in [-0.39, 0.29) is 11.7 Å². The van der Waals surface area contributed by atoms with Gasteiger partial charge < -0.3 is 19.5 Å². The van der Waals surface area contributed by atoms with Gasteiger partial charge in [-0.15, -0.1) is 0 Å². The number of ether oxygens (including phenoxy) is 2. The molecule has 1 atom stereocenters. The van der Waals surface area contributed by atoms with Crippen LogP contribution in [0.2, 0.25) is 5.02 Å². The zero-order valence-corrected chi connectivity index (χ0v) is 21.9. The summed E-state index contributed by atoms with van der Waals surface area (Å²) < 4.78 is 10.8. The van der Waals surface area contributed by atoms with Crippen LogP contribution < -0.4 is 9.47 Å². The second-order valence-electron chi connectivity index (χ2n) is 9.23. The summed E-state index contributed by atoms with van der Waals surface area (Å²) in [5, 5.41) is 19.0. The van der Waals surface area contributed by atoms with Crippen LogP contribution in [0.25, 0.3) is 11.3 Å². The van der Waals surface area contributed by atoms with Crippen molar-refractivity contribution < 1.29 is 19.4 Å². The van der Waals surface area contributed by atoms with Gasteiger partial charge in [-0.1, -0.05) is 35.9 Å². The van der Waals surface area contributed by atoms with Gasteiger partial charge in [0.25, 0.3) is 5.91 Å². The lowest BCUT2D eigenvalue weighted by Gasteiger charge is -2.27. The predicted molar refractivity (Wildman–Crippen MR) is 143 cm³/mol. The maximum Gasteiger partial charge on any atom is 0.273 e. The largest absolute Gasteiger partial charge is 0.507 e. The Morgan fingerprint density at radius 2 is 1.76 bits per heavy atom. The lowest BCUT2D eigenvalue weighted by Crippen LogP contribution is -2.31. The van der Waals surface area contributed by atoms with E-state index in [1.165, 1.54) is 0 Å². The van der Waals surface area contributed by atoms with E-state index < -0.39 is 6.04 Å². The Bertz CT molecular complexity index is 1480. The van der Waals surface area contributed by atoms with Crippen molar-refractivity contribution in [1.29, 1.82) is 0 Å². The smallest absolute Gasteiger partial charge is 0.273 e. The van der Waals surface area contributed by atoms with Crippen molar-refractivity contribution in [3.05, 3.63) is 93.1 Å². The highest BCUT2D eigenvalue weighted by Crippen LogP contribution is 2.45. The van der Waals surface area contributed by atoms with Gasteiger partial charge in [0.1, 0.15) is 17.1 Å². The first-order chi connectivity index (χ1) is 17.8. The number of carbonyl (C=O) groups is 1. The third-order valence-corrected chi connectivity index (χ3v) is 7.09. The Hall–Kier alpha value is -3.97. The van der Waals surface area contributed by atoms with Crippen molar-refractivity contribution in [1.82, 2.24) is 15.1 Å². The van der Waals surface area contributed by atoms with Crippen LogP contribution in [0.1, 0.15) is 44.3 Å². The average molecular weight is 518 g/mol. The number of amides is 1. The van der Waals surface area contributed by atoms with Crippen LogP contribution in [0, 0.1) is 13.8 Å². The normalized spacial score (nSPS) is 14.7. The molecule has 1 aromatic heterocycles. The molecule has 2 heterocycles. The van der Waals surface area contributed by atoms with E-state index in [9.17, 15) is 9.90 Å². The molecule has 5 rings (SSSR count). The van der Waals surface area contributed by atoms with Crippen LogP contribution in [0.5, 0.6) is 17.2 Å². The molecule has 3 aromatic carbocycles. The Kier molecular flexibility index (Phi) is 6.56. The van der Waals surface area contributed by atoms with Crippen LogP contribution in [0.15, 0.2) is 54.6 Å². The molecule has 4 aromatic rings. The molecule has 1 aliphatic heterocycles. The number of aromatic nitrogens is 2. The van der Waals surface area contributed by atoms with Gasteiger partial charge in [0.2, 0.25) is 0 Å². The van der Waals surface area contributed by atoms with Gasteiger partial charge >= 0.3 is 0 Å². The van der Waals surface area contributed by atoms with Crippen LogP contribution in [0.4, 0.5) is 0 Å². The van der Waals surface area contributed by atoms with Crippen LogP contribution in [-0.2, 0) is 6.42 Å². The number of nitrogens with zero attached hydrogens (tertiary/aromatic N) is 2. The molecule has 1 amide bonds. The molecule has 0 fully saturated rings. The number of carbonyl (C=O) groups excluding carboxylic acids is 1. The summed E-state index contributed by atoms with van der Waals surface area (Å²) in [6.45, 7) is 4.29. The fraction of sp³-hybridized carbons (Fsp3) is 0.241. The van der Waals surface area contributed by atoms with Crippen molar-refractivity contribution in [2.45, 2.75) is 26.3 Å². The van der Waals surface area contributed by atoms with E-state index in [4.69, 9.17) is 21.1 Å². The van der Waals surface area contributed by atoms with E-state index in [0.29, 0.717) is 46.4 Å². The first-order valence-electron chi connectivity index (χ1n) is 12.0. The third kappa shape index (κ3) is 4.40. The summed E-state index contributed by atoms with van der Waals surface area (Å²) >= 11 is 6.19. The fourth-order valence-electron chi connectivity index (χ4n) is 5.05. The molecule has 0 radical (unpaired) electrons. The van der Waals surface area contributed by atoms with Crippen molar-refractivity contribution >= 4 is 17.5 Å². The number of aryl methyl sites for hydroxylation is 2. The molecule has 0 unspecified atom stereocenters. The molecule has 37 heavy (non-hydrogen) atoms. The second kappa shape index (κ2) is 9.82. The molecule has 0 saturated carbocycles. The number of aromatic hydroxyl groups is 1. The number of nitrogens with one attached hydrogen (secondary N) is 1. The third-order valence-electron chi connectivity index (χ3n) is 6.84. The number of benzene rings is 3. The molecule has 8 heteroatoms. The van der Waals surface area contributed by atoms with Crippen molar-refractivity contribution in [3.63, 3.8) is 0 Å². The Morgan fingerprint density at radius 1 is 1.03 bits per heavy atom. The molecule has 2 N–H and O–H groups in total. The SMILES string of the molecule is COc1ccc(CCN2C(=O)c3[nH]nc(-c4cc(C)cc(C)c4O)c3[C@@H]2c2ccc(Cl)cc2)cc1OC. The zero-order valence-electron chi connectivity index (χ0n) is 21.1. The molecular weight excluding hydrogens is 490 g/mol. The van der Waals surface area contributed by atoms with Crippen LogP contribution in [0.3, 0.4) is 0 Å². The summed E-state index contributed by atoms with van der Waals surface area (Å²) in [6.07, 6.45) is 0.609. The number of hydrogen-bond donors (Lipinski definition) is 2. The van der Waals surface area contributed by atoms with Gasteiger partial charge in [0.05, 0.1) is 20.3 Å².